The first-order valence-electron chi connectivity index (χ1n) is 7.95. The molecule has 24 heavy (non-hydrogen) atoms. The van der Waals surface area contributed by atoms with Crippen molar-refractivity contribution < 1.29 is 18.6 Å². The van der Waals surface area contributed by atoms with Gasteiger partial charge in [0.05, 0.1) is 23.4 Å². The zero-order chi connectivity index (χ0) is 17.5. The van der Waals surface area contributed by atoms with Gasteiger partial charge in [-0.25, -0.2) is 8.42 Å². The van der Waals surface area contributed by atoms with Gasteiger partial charge in [-0.3, -0.25) is 0 Å². The van der Waals surface area contributed by atoms with Crippen molar-refractivity contribution in [3.05, 3.63) is 65.2 Å². The average molecular weight is 346 g/mol. The van der Waals surface area contributed by atoms with Crippen molar-refractivity contribution in [1.82, 2.24) is 0 Å². The van der Waals surface area contributed by atoms with E-state index in [9.17, 15) is 18.6 Å². The molecule has 0 unspecified atom stereocenters. The maximum Gasteiger partial charge on any atom is 0.182 e. The van der Waals surface area contributed by atoms with Crippen LogP contribution in [0.3, 0.4) is 0 Å². The fourth-order valence-electron chi connectivity index (χ4n) is 3.52. The van der Waals surface area contributed by atoms with Gasteiger partial charge in [-0.1, -0.05) is 47.5 Å². The van der Waals surface area contributed by atoms with E-state index >= 15 is 0 Å². The zero-order valence-corrected chi connectivity index (χ0v) is 14.6. The molecule has 2 atom stereocenters. The minimum absolute atomic E-state index is 0.235. The molecule has 0 saturated heterocycles. The van der Waals surface area contributed by atoms with E-state index in [1.807, 2.05) is 38.1 Å². The molecule has 4 nitrogen and oxygen atoms in total. The fourth-order valence-corrected chi connectivity index (χ4v) is 5.95. The number of aliphatic hydroxyl groups excluding tert-OH is 2. The Hall–Kier alpha value is -1.69. The quantitative estimate of drug-likeness (QED) is 0.870. The molecule has 2 N–H and O–H groups in total. The molecular weight excluding hydrogens is 324 g/mol. The summed E-state index contributed by atoms with van der Waals surface area (Å²) in [7, 11) is -3.64. The van der Waals surface area contributed by atoms with Gasteiger partial charge in [0.1, 0.15) is 0 Å². The van der Waals surface area contributed by atoms with Crippen molar-refractivity contribution in [2.75, 3.05) is 13.2 Å². The van der Waals surface area contributed by atoms with E-state index in [4.69, 9.17) is 0 Å². The predicted octanol–water partition coefficient (Wildman–Crippen LogP) is 2.21. The first-order chi connectivity index (χ1) is 11.4. The second-order valence-corrected chi connectivity index (χ2v) is 8.79. The number of benzene rings is 2. The molecule has 1 fully saturated rings. The van der Waals surface area contributed by atoms with Crippen LogP contribution in [0.1, 0.15) is 22.6 Å². The van der Waals surface area contributed by atoms with Crippen LogP contribution in [-0.2, 0) is 9.84 Å². The number of hydrogen-bond acceptors (Lipinski definition) is 4. The minimum atomic E-state index is -3.64. The SMILES string of the molecule is Cc1ccc([C@@H]2[C@@H](S(=O)(=O)c3ccc(C)cc3)C2(CO)CO)cc1. The lowest BCUT2D eigenvalue weighted by Crippen LogP contribution is -2.23. The van der Waals surface area contributed by atoms with Crippen molar-refractivity contribution in [2.45, 2.75) is 29.9 Å². The van der Waals surface area contributed by atoms with Crippen LogP contribution in [0.5, 0.6) is 0 Å². The highest BCUT2D eigenvalue weighted by atomic mass is 32.2. The first kappa shape index (κ1) is 17.1. The predicted molar refractivity (Wildman–Crippen MR) is 92.7 cm³/mol. The van der Waals surface area contributed by atoms with E-state index in [1.54, 1.807) is 24.3 Å². The van der Waals surface area contributed by atoms with Crippen molar-refractivity contribution >= 4 is 9.84 Å². The summed E-state index contributed by atoms with van der Waals surface area (Å²) in [6.45, 7) is 3.13. The molecule has 1 aliphatic carbocycles. The lowest BCUT2D eigenvalue weighted by atomic mass is 10.00. The van der Waals surface area contributed by atoms with Crippen LogP contribution in [0.25, 0.3) is 0 Å². The maximum atomic E-state index is 13.1. The molecule has 0 radical (unpaired) electrons. The smallest absolute Gasteiger partial charge is 0.182 e. The third-order valence-electron chi connectivity index (χ3n) is 5.09. The highest BCUT2D eigenvalue weighted by Gasteiger charge is 2.70. The van der Waals surface area contributed by atoms with Crippen LogP contribution >= 0.6 is 0 Å². The normalized spacial score (nSPS) is 22.3. The molecule has 0 spiro atoms. The molecule has 0 aliphatic heterocycles. The van der Waals surface area contributed by atoms with Gasteiger partial charge in [-0.15, -0.1) is 0 Å². The van der Waals surface area contributed by atoms with E-state index in [0.29, 0.717) is 0 Å². The van der Waals surface area contributed by atoms with E-state index in [-0.39, 0.29) is 18.1 Å². The van der Waals surface area contributed by atoms with Gasteiger partial charge in [-0.05, 0) is 31.5 Å². The van der Waals surface area contributed by atoms with Crippen LogP contribution < -0.4 is 0 Å². The van der Waals surface area contributed by atoms with Gasteiger partial charge in [-0.2, -0.15) is 0 Å². The Morgan fingerprint density at radius 1 is 0.875 bits per heavy atom. The molecule has 0 heterocycles. The maximum absolute atomic E-state index is 13.1. The first-order valence-corrected chi connectivity index (χ1v) is 9.50. The highest BCUT2D eigenvalue weighted by Crippen LogP contribution is 2.63. The summed E-state index contributed by atoms with van der Waals surface area (Å²) >= 11 is 0. The number of aryl methyl sites for hydroxylation is 2. The standard InChI is InChI=1S/C19H22O4S/c1-13-3-7-15(8-4-13)17-18(19(17,11-20)12-21)24(22,23)16-9-5-14(2)6-10-16/h3-10,17-18,20-21H,11-12H2,1-2H3/t17-,18-/m1/s1. The van der Waals surface area contributed by atoms with Crippen molar-refractivity contribution in [1.29, 1.82) is 0 Å². The Morgan fingerprint density at radius 3 is 1.79 bits per heavy atom. The van der Waals surface area contributed by atoms with E-state index < -0.39 is 26.4 Å². The number of rotatable bonds is 5. The Bertz CT molecular complexity index is 819. The van der Waals surface area contributed by atoms with Crippen LogP contribution in [0.4, 0.5) is 0 Å². The van der Waals surface area contributed by atoms with Crippen LogP contribution in [0.15, 0.2) is 53.4 Å². The third-order valence-corrected chi connectivity index (χ3v) is 7.43. The van der Waals surface area contributed by atoms with Crippen molar-refractivity contribution in [3.63, 3.8) is 0 Å². The molecule has 0 amide bonds. The van der Waals surface area contributed by atoms with E-state index in [0.717, 1.165) is 16.7 Å². The van der Waals surface area contributed by atoms with Crippen LogP contribution in [0, 0.1) is 19.3 Å². The molecule has 3 rings (SSSR count). The van der Waals surface area contributed by atoms with Gasteiger partial charge in [0.25, 0.3) is 0 Å². The van der Waals surface area contributed by atoms with Crippen LogP contribution in [-0.4, -0.2) is 37.1 Å². The van der Waals surface area contributed by atoms with E-state index in [2.05, 4.69) is 0 Å². The zero-order valence-electron chi connectivity index (χ0n) is 13.8. The largest absolute Gasteiger partial charge is 0.396 e. The second-order valence-electron chi connectivity index (χ2n) is 6.72. The van der Waals surface area contributed by atoms with E-state index in [1.165, 1.54) is 0 Å². The monoisotopic (exact) mass is 346 g/mol. The summed E-state index contributed by atoms with van der Waals surface area (Å²) in [5.74, 6) is -0.403. The summed E-state index contributed by atoms with van der Waals surface area (Å²) in [6.07, 6.45) is 0. The molecule has 1 aliphatic rings. The molecule has 2 aromatic rings. The molecule has 0 aromatic heterocycles. The van der Waals surface area contributed by atoms with Crippen LogP contribution in [0.2, 0.25) is 0 Å². The Morgan fingerprint density at radius 2 is 1.33 bits per heavy atom. The Kier molecular flexibility index (Phi) is 4.28. The third kappa shape index (κ3) is 2.57. The summed E-state index contributed by atoms with van der Waals surface area (Å²) < 4.78 is 26.1. The van der Waals surface area contributed by atoms with Gasteiger partial charge in [0, 0.05) is 11.3 Å². The summed E-state index contributed by atoms with van der Waals surface area (Å²) in [5, 5.41) is 18.9. The topological polar surface area (TPSA) is 74.6 Å². The number of aliphatic hydroxyl groups is 2. The molecule has 2 aromatic carbocycles. The van der Waals surface area contributed by atoms with Gasteiger partial charge in [0.15, 0.2) is 9.84 Å². The molecule has 5 heteroatoms. The number of sulfone groups is 1. The Labute approximate surface area is 142 Å². The average Bonchev–Trinajstić information content (AvgIpc) is 3.26. The molecule has 0 bridgehead atoms. The minimum Gasteiger partial charge on any atom is -0.396 e. The Balaban J connectivity index is 2.04. The highest BCUT2D eigenvalue weighted by molar-refractivity contribution is 7.92. The molecular formula is C19H22O4S. The van der Waals surface area contributed by atoms with Gasteiger partial charge >= 0.3 is 0 Å². The van der Waals surface area contributed by atoms with Gasteiger partial charge in [0.2, 0.25) is 0 Å². The summed E-state index contributed by atoms with van der Waals surface area (Å²) in [4.78, 5) is 0.235. The lowest BCUT2D eigenvalue weighted by molar-refractivity contribution is 0.130. The number of hydrogen-bond donors (Lipinski definition) is 2. The van der Waals surface area contributed by atoms with Crippen molar-refractivity contribution in [2.24, 2.45) is 5.41 Å². The second kappa shape index (κ2) is 5.99. The van der Waals surface area contributed by atoms with Gasteiger partial charge < -0.3 is 10.2 Å². The summed E-state index contributed by atoms with van der Waals surface area (Å²) in [5.41, 5.74) is 1.87. The summed E-state index contributed by atoms with van der Waals surface area (Å²) in [6, 6.07) is 14.3. The lowest BCUT2D eigenvalue weighted by Gasteiger charge is -2.11. The molecule has 128 valence electrons. The van der Waals surface area contributed by atoms with Crippen molar-refractivity contribution in [3.8, 4) is 0 Å². The fraction of sp³-hybridized carbons (Fsp3) is 0.368. The molecule has 1 saturated carbocycles.